The highest BCUT2D eigenvalue weighted by Crippen LogP contribution is 2.31. The number of carbonyl (C=O) groups is 1. The lowest BCUT2D eigenvalue weighted by atomic mass is 10.1. The van der Waals surface area contributed by atoms with Crippen molar-refractivity contribution >= 4 is 17.7 Å². The van der Waals surface area contributed by atoms with Gasteiger partial charge in [0.05, 0.1) is 5.56 Å². The molecular weight excluding hydrogens is 253 g/mol. The molecule has 0 unspecified atom stereocenters. The summed E-state index contributed by atoms with van der Waals surface area (Å²) in [6, 6.07) is 3.50. The minimum atomic E-state index is -0.543. The van der Waals surface area contributed by atoms with Crippen LogP contribution in [0.1, 0.15) is 24.2 Å². The van der Waals surface area contributed by atoms with Gasteiger partial charge in [0.2, 0.25) is 0 Å². The first-order valence-electron chi connectivity index (χ1n) is 5.81. The molecule has 1 aromatic rings. The van der Waals surface area contributed by atoms with Crippen LogP contribution >= 0.6 is 11.8 Å². The summed E-state index contributed by atoms with van der Waals surface area (Å²) in [4.78, 5) is 14.0. The summed E-state index contributed by atoms with van der Waals surface area (Å²) in [5, 5.41) is 9.63. The van der Waals surface area contributed by atoms with Crippen LogP contribution in [0.5, 0.6) is 5.75 Å². The Kier molecular flexibility index (Phi) is 3.52. The highest BCUT2D eigenvalue weighted by atomic mass is 32.2. The molecule has 5 heteroatoms. The van der Waals surface area contributed by atoms with E-state index in [2.05, 4.69) is 13.8 Å². The van der Waals surface area contributed by atoms with Gasteiger partial charge in [0.1, 0.15) is 11.6 Å². The van der Waals surface area contributed by atoms with Crippen molar-refractivity contribution in [2.45, 2.75) is 18.6 Å². The molecule has 98 valence electrons. The van der Waals surface area contributed by atoms with Crippen molar-refractivity contribution in [3.05, 3.63) is 29.6 Å². The fourth-order valence-electron chi connectivity index (χ4n) is 2.05. The van der Waals surface area contributed by atoms with Gasteiger partial charge in [-0.2, -0.15) is 11.8 Å². The number of thioether (sulfide) groups is 1. The Morgan fingerprint density at radius 2 is 2.22 bits per heavy atom. The molecule has 1 aliphatic heterocycles. The monoisotopic (exact) mass is 269 g/mol. The Morgan fingerprint density at radius 1 is 1.50 bits per heavy atom. The van der Waals surface area contributed by atoms with Crippen LogP contribution in [0.15, 0.2) is 18.2 Å². The zero-order chi connectivity index (χ0) is 13.3. The summed E-state index contributed by atoms with van der Waals surface area (Å²) in [6.45, 7) is 5.46. The second kappa shape index (κ2) is 4.80. The molecule has 1 heterocycles. The van der Waals surface area contributed by atoms with E-state index in [1.54, 1.807) is 4.90 Å². The Morgan fingerprint density at radius 3 is 2.83 bits per heavy atom. The van der Waals surface area contributed by atoms with E-state index < -0.39 is 5.82 Å². The summed E-state index contributed by atoms with van der Waals surface area (Å²) >= 11 is 1.83. The SMILES string of the molecule is CC1(C)CN(C(=O)c2ccc(F)cc2O)CCS1. The maximum atomic E-state index is 12.9. The van der Waals surface area contributed by atoms with Crippen LogP contribution < -0.4 is 0 Å². The summed E-state index contributed by atoms with van der Waals surface area (Å²) in [5.41, 5.74) is 0.166. The third-order valence-electron chi connectivity index (χ3n) is 2.90. The number of hydrogen-bond acceptors (Lipinski definition) is 3. The molecule has 0 spiro atoms. The Labute approximate surface area is 110 Å². The van der Waals surface area contributed by atoms with E-state index in [1.165, 1.54) is 12.1 Å². The van der Waals surface area contributed by atoms with E-state index in [-0.39, 0.29) is 22.0 Å². The number of amides is 1. The Hall–Kier alpha value is -1.23. The largest absolute Gasteiger partial charge is 0.507 e. The van der Waals surface area contributed by atoms with E-state index in [9.17, 15) is 14.3 Å². The molecule has 2 rings (SSSR count). The van der Waals surface area contributed by atoms with Gasteiger partial charge < -0.3 is 10.0 Å². The number of hydrogen-bond donors (Lipinski definition) is 1. The second-order valence-corrected chi connectivity index (χ2v) is 6.80. The van der Waals surface area contributed by atoms with Crippen molar-refractivity contribution in [1.29, 1.82) is 0 Å². The molecular formula is C13H16FNO2S. The van der Waals surface area contributed by atoms with E-state index in [4.69, 9.17) is 0 Å². The molecule has 0 aromatic heterocycles. The van der Waals surface area contributed by atoms with Gasteiger partial charge in [-0.25, -0.2) is 4.39 Å². The van der Waals surface area contributed by atoms with Crippen LogP contribution in [-0.2, 0) is 0 Å². The van der Waals surface area contributed by atoms with Gasteiger partial charge in [-0.05, 0) is 26.0 Å². The van der Waals surface area contributed by atoms with Crippen molar-refractivity contribution in [3.8, 4) is 5.75 Å². The molecule has 0 radical (unpaired) electrons. The number of phenolic OH excluding ortho intramolecular Hbond substituents is 1. The minimum Gasteiger partial charge on any atom is -0.507 e. The Bertz CT molecular complexity index is 476. The summed E-state index contributed by atoms with van der Waals surface area (Å²) < 4.78 is 12.9. The fraction of sp³-hybridized carbons (Fsp3) is 0.462. The van der Waals surface area contributed by atoms with Gasteiger partial charge in [-0.1, -0.05) is 0 Å². The Balaban J connectivity index is 2.20. The average Bonchev–Trinajstić information content (AvgIpc) is 2.27. The molecule has 0 bridgehead atoms. The van der Waals surface area contributed by atoms with Gasteiger partial charge in [-0.15, -0.1) is 0 Å². The van der Waals surface area contributed by atoms with Gasteiger partial charge in [0.15, 0.2) is 0 Å². The van der Waals surface area contributed by atoms with Gasteiger partial charge in [0, 0.05) is 29.7 Å². The van der Waals surface area contributed by atoms with Gasteiger partial charge in [-0.3, -0.25) is 4.79 Å². The van der Waals surface area contributed by atoms with Crippen LogP contribution in [0.2, 0.25) is 0 Å². The average molecular weight is 269 g/mol. The highest BCUT2D eigenvalue weighted by molar-refractivity contribution is 8.00. The molecule has 3 nitrogen and oxygen atoms in total. The first-order chi connectivity index (χ1) is 8.39. The van der Waals surface area contributed by atoms with Gasteiger partial charge >= 0.3 is 0 Å². The van der Waals surface area contributed by atoms with Crippen molar-refractivity contribution in [2.75, 3.05) is 18.8 Å². The molecule has 1 N–H and O–H groups in total. The zero-order valence-electron chi connectivity index (χ0n) is 10.4. The number of phenols is 1. The normalized spacial score (nSPS) is 18.7. The number of rotatable bonds is 1. The van der Waals surface area contributed by atoms with Crippen LogP contribution in [0.3, 0.4) is 0 Å². The van der Waals surface area contributed by atoms with E-state index in [1.807, 2.05) is 11.8 Å². The highest BCUT2D eigenvalue weighted by Gasteiger charge is 2.31. The number of aromatic hydroxyl groups is 1. The fourth-order valence-corrected chi connectivity index (χ4v) is 3.16. The lowest BCUT2D eigenvalue weighted by Gasteiger charge is -2.37. The number of carbonyl (C=O) groups excluding carboxylic acids is 1. The predicted molar refractivity (Wildman–Crippen MR) is 70.5 cm³/mol. The van der Waals surface area contributed by atoms with E-state index in [0.29, 0.717) is 13.1 Å². The van der Waals surface area contributed by atoms with Crippen molar-refractivity contribution in [1.82, 2.24) is 4.90 Å². The number of benzene rings is 1. The first-order valence-corrected chi connectivity index (χ1v) is 6.79. The van der Waals surface area contributed by atoms with E-state index in [0.717, 1.165) is 11.8 Å². The lowest BCUT2D eigenvalue weighted by molar-refractivity contribution is 0.0745. The minimum absolute atomic E-state index is 0.0174. The van der Waals surface area contributed by atoms with Gasteiger partial charge in [0.25, 0.3) is 5.91 Å². The molecule has 1 aliphatic rings. The molecule has 1 fully saturated rings. The molecule has 1 amide bonds. The topological polar surface area (TPSA) is 40.5 Å². The maximum Gasteiger partial charge on any atom is 0.257 e. The van der Waals surface area contributed by atoms with E-state index >= 15 is 0 Å². The molecule has 0 atom stereocenters. The number of nitrogens with zero attached hydrogens (tertiary/aromatic N) is 1. The third-order valence-corrected chi connectivity index (χ3v) is 4.20. The zero-order valence-corrected chi connectivity index (χ0v) is 11.3. The summed E-state index contributed by atoms with van der Waals surface area (Å²) in [5.74, 6) is -0.198. The van der Waals surface area contributed by atoms with Crippen LogP contribution in [0.25, 0.3) is 0 Å². The van der Waals surface area contributed by atoms with Crippen molar-refractivity contribution < 1.29 is 14.3 Å². The second-order valence-electron chi connectivity index (χ2n) is 5.00. The third kappa shape index (κ3) is 2.77. The quantitative estimate of drug-likeness (QED) is 0.851. The lowest BCUT2D eigenvalue weighted by Crippen LogP contribution is -2.46. The predicted octanol–water partition coefficient (Wildman–Crippen LogP) is 2.50. The standard InChI is InChI=1S/C13H16FNO2S/c1-13(2)8-15(5-6-18-13)12(17)10-4-3-9(14)7-11(10)16/h3-4,7,16H,5-6,8H2,1-2H3. The first kappa shape index (κ1) is 13.2. The molecule has 0 aliphatic carbocycles. The molecule has 0 saturated carbocycles. The summed E-state index contributed by atoms with van der Waals surface area (Å²) in [7, 11) is 0. The summed E-state index contributed by atoms with van der Waals surface area (Å²) in [6.07, 6.45) is 0. The number of halogens is 1. The van der Waals surface area contributed by atoms with Crippen LogP contribution in [0, 0.1) is 5.82 Å². The van der Waals surface area contributed by atoms with Crippen LogP contribution in [0.4, 0.5) is 4.39 Å². The van der Waals surface area contributed by atoms with Crippen molar-refractivity contribution in [3.63, 3.8) is 0 Å². The smallest absolute Gasteiger partial charge is 0.257 e. The maximum absolute atomic E-state index is 12.9. The molecule has 1 aromatic carbocycles. The molecule has 1 saturated heterocycles. The van der Waals surface area contributed by atoms with Crippen LogP contribution in [-0.4, -0.2) is 39.5 Å². The molecule has 18 heavy (non-hydrogen) atoms. The van der Waals surface area contributed by atoms with Crippen molar-refractivity contribution in [2.24, 2.45) is 0 Å².